The van der Waals surface area contributed by atoms with Crippen molar-refractivity contribution in [2.75, 3.05) is 0 Å². The summed E-state index contributed by atoms with van der Waals surface area (Å²) in [5.74, 6) is -3.24. The van der Waals surface area contributed by atoms with Crippen molar-refractivity contribution in [1.82, 2.24) is 10.9 Å². The Hall–Kier alpha value is -2.55. The molecule has 132 valence electrons. The summed E-state index contributed by atoms with van der Waals surface area (Å²) in [4.78, 5) is 22.4. The van der Waals surface area contributed by atoms with E-state index in [1.165, 1.54) is 17.6 Å². The summed E-state index contributed by atoms with van der Waals surface area (Å²) < 4.78 is 39.0. The lowest BCUT2D eigenvalue weighted by Gasteiger charge is -2.21. The number of halogens is 4. The first-order chi connectivity index (χ1) is 11.9. The Kier molecular flexibility index (Phi) is 6.40. The zero-order valence-corrected chi connectivity index (χ0v) is 14.2. The zero-order chi connectivity index (χ0) is 18.4. The van der Waals surface area contributed by atoms with Crippen molar-refractivity contribution in [2.45, 2.75) is 13.0 Å². The van der Waals surface area contributed by atoms with Crippen LogP contribution in [0.2, 0.25) is 0 Å². The smallest absolute Gasteiger partial charge is 0.317 e. The average Bonchev–Trinajstić information content (AvgIpc) is 2.59. The Balaban J connectivity index is 1.96. The summed E-state index contributed by atoms with van der Waals surface area (Å²) in [7, 11) is 0. The van der Waals surface area contributed by atoms with Gasteiger partial charge in [0.15, 0.2) is 0 Å². The van der Waals surface area contributed by atoms with Crippen LogP contribution in [0.4, 0.5) is 18.9 Å². The molecule has 0 aliphatic carbocycles. The van der Waals surface area contributed by atoms with E-state index in [2.05, 4.69) is 21.2 Å². The van der Waals surface area contributed by atoms with Crippen molar-refractivity contribution >= 4 is 33.4 Å². The maximum absolute atomic E-state index is 14.0. The lowest BCUT2D eigenvalue weighted by Crippen LogP contribution is -2.44. The van der Waals surface area contributed by atoms with E-state index in [-0.39, 0.29) is 17.7 Å². The van der Waals surface area contributed by atoms with Gasteiger partial charge in [0.25, 0.3) is 5.91 Å². The third-order valence-corrected chi connectivity index (χ3v) is 3.60. The molecule has 0 saturated heterocycles. The van der Waals surface area contributed by atoms with E-state index < -0.39 is 24.1 Å². The Labute approximate surface area is 149 Å². The minimum Gasteiger partial charge on any atom is -0.681 e. The van der Waals surface area contributed by atoms with Crippen molar-refractivity contribution in [1.29, 1.82) is 0 Å². The molecule has 0 bridgehead atoms. The highest BCUT2D eigenvalue weighted by molar-refractivity contribution is 9.10. The van der Waals surface area contributed by atoms with Gasteiger partial charge in [0.05, 0.1) is 0 Å². The third-order valence-electron chi connectivity index (χ3n) is 3.07. The largest absolute Gasteiger partial charge is 0.681 e. The van der Waals surface area contributed by atoms with Crippen LogP contribution in [-0.4, -0.2) is 18.2 Å². The molecular formula is C16H12BrF3N3O2-. The zero-order valence-electron chi connectivity index (χ0n) is 12.6. The summed E-state index contributed by atoms with van der Waals surface area (Å²) in [6, 6.07) is 10.7. The number of benzene rings is 2. The van der Waals surface area contributed by atoms with E-state index in [9.17, 15) is 22.8 Å². The van der Waals surface area contributed by atoms with Gasteiger partial charge in [-0.2, -0.15) is 8.78 Å². The summed E-state index contributed by atoms with van der Waals surface area (Å²) in [6.07, 6.45) is -3.26. The van der Waals surface area contributed by atoms with Crippen LogP contribution in [0.3, 0.4) is 0 Å². The monoisotopic (exact) mass is 414 g/mol. The van der Waals surface area contributed by atoms with Gasteiger partial charge in [0.2, 0.25) is 0 Å². The number of hydrazine groups is 1. The summed E-state index contributed by atoms with van der Waals surface area (Å²) in [6.45, 7) is 0.0669. The topological polar surface area (TPSA) is 72.3 Å². The van der Waals surface area contributed by atoms with Crippen molar-refractivity contribution < 1.29 is 22.8 Å². The molecule has 0 aliphatic heterocycles. The first-order valence-electron chi connectivity index (χ1n) is 6.96. The first kappa shape index (κ1) is 18.8. The van der Waals surface area contributed by atoms with Gasteiger partial charge in [-0.1, -0.05) is 34.1 Å². The highest BCUT2D eigenvalue weighted by atomic mass is 79.9. The van der Waals surface area contributed by atoms with Crippen LogP contribution in [0.5, 0.6) is 0 Å². The predicted molar refractivity (Wildman–Crippen MR) is 88.9 cm³/mol. The molecule has 2 rings (SSSR count). The number of carbonyl (C=O) groups is 2. The molecular weight excluding hydrogens is 403 g/mol. The number of hydrogen-bond acceptors (Lipinski definition) is 2. The molecule has 9 heteroatoms. The Morgan fingerprint density at radius 3 is 2.36 bits per heavy atom. The van der Waals surface area contributed by atoms with Crippen molar-refractivity contribution in [3.63, 3.8) is 0 Å². The van der Waals surface area contributed by atoms with E-state index >= 15 is 0 Å². The summed E-state index contributed by atoms with van der Waals surface area (Å²) in [5, 5.41) is 4.23. The standard InChI is InChI=1S/C16H12BrF3N3O2/c17-11-3-5-12(6-4-11)21-8-10-2-1-9(7-13(10)18)15(24)22-23-16(25)14(19)20/h1-7,14H,8H2,(H,22,24)(H,23,25)/q-1. The molecule has 0 aromatic heterocycles. The maximum Gasteiger partial charge on any atom is 0.317 e. The fourth-order valence-corrected chi connectivity index (χ4v) is 2.05. The number of carbonyl (C=O) groups excluding carboxylic acids is 2. The molecule has 2 aromatic carbocycles. The quantitative estimate of drug-likeness (QED) is 0.729. The lowest BCUT2D eigenvalue weighted by atomic mass is 10.1. The normalized spacial score (nSPS) is 10.4. The average molecular weight is 415 g/mol. The summed E-state index contributed by atoms with van der Waals surface area (Å²) in [5.41, 5.74) is 4.11. The molecule has 0 saturated carbocycles. The molecule has 5 nitrogen and oxygen atoms in total. The van der Waals surface area contributed by atoms with Crippen LogP contribution >= 0.6 is 15.9 Å². The van der Waals surface area contributed by atoms with Gasteiger partial charge in [-0.3, -0.25) is 20.4 Å². The number of nitrogens with zero attached hydrogens (tertiary/aromatic N) is 1. The van der Waals surface area contributed by atoms with E-state index in [0.29, 0.717) is 5.69 Å². The Morgan fingerprint density at radius 2 is 1.76 bits per heavy atom. The minimum absolute atomic E-state index is 0.0669. The molecule has 0 spiro atoms. The molecule has 2 aromatic rings. The molecule has 25 heavy (non-hydrogen) atoms. The number of amides is 2. The Bertz CT molecular complexity index is 770. The van der Waals surface area contributed by atoms with Crippen molar-refractivity contribution in [3.8, 4) is 0 Å². The van der Waals surface area contributed by atoms with Gasteiger partial charge in [0, 0.05) is 10.0 Å². The second-order valence-corrected chi connectivity index (χ2v) is 5.76. The molecule has 0 radical (unpaired) electrons. The third kappa shape index (κ3) is 5.49. The molecule has 2 N–H and O–H groups in total. The number of hydrogen-bond donors (Lipinski definition) is 2. The fraction of sp³-hybridized carbons (Fsp3) is 0.125. The first-order valence-corrected chi connectivity index (χ1v) is 7.76. The summed E-state index contributed by atoms with van der Waals surface area (Å²) >= 11 is 3.30. The van der Waals surface area contributed by atoms with Crippen LogP contribution in [-0.2, 0) is 11.3 Å². The second-order valence-electron chi connectivity index (χ2n) is 4.84. The van der Waals surface area contributed by atoms with E-state index in [1.54, 1.807) is 29.7 Å². The van der Waals surface area contributed by atoms with Crippen molar-refractivity contribution in [3.05, 3.63) is 69.2 Å². The van der Waals surface area contributed by atoms with Crippen LogP contribution in [0.1, 0.15) is 15.9 Å². The molecule has 0 fully saturated rings. The van der Waals surface area contributed by atoms with Crippen molar-refractivity contribution in [2.24, 2.45) is 0 Å². The SMILES string of the molecule is O=C(NNC(=O)C(F)F)c1ccc(C[N-]c2ccc(Br)cc2)c(F)c1. The van der Waals surface area contributed by atoms with E-state index in [4.69, 9.17) is 0 Å². The molecule has 2 amide bonds. The predicted octanol–water partition coefficient (Wildman–Crippen LogP) is 3.82. The number of rotatable bonds is 5. The van der Waals surface area contributed by atoms with Gasteiger partial charge in [-0.05, 0) is 29.8 Å². The van der Waals surface area contributed by atoms with Crippen LogP contribution < -0.4 is 10.9 Å². The highest BCUT2D eigenvalue weighted by Crippen LogP contribution is 2.24. The minimum atomic E-state index is -3.26. The van der Waals surface area contributed by atoms with Crippen LogP contribution in [0.25, 0.3) is 5.32 Å². The lowest BCUT2D eigenvalue weighted by molar-refractivity contribution is -0.132. The molecule has 0 aliphatic rings. The van der Waals surface area contributed by atoms with E-state index in [1.807, 2.05) is 0 Å². The van der Waals surface area contributed by atoms with Gasteiger partial charge in [0.1, 0.15) is 5.82 Å². The maximum atomic E-state index is 14.0. The van der Waals surface area contributed by atoms with Crippen LogP contribution in [0.15, 0.2) is 46.9 Å². The fourth-order valence-electron chi connectivity index (χ4n) is 1.78. The number of alkyl halides is 2. The van der Waals surface area contributed by atoms with Gasteiger partial charge in [-0.15, -0.1) is 12.2 Å². The van der Waals surface area contributed by atoms with Gasteiger partial charge in [-0.25, -0.2) is 4.39 Å². The van der Waals surface area contributed by atoms with E-state index in [0.717, 1.165) is 10.5 Å². The van der Waals surface area contributed by atoms with Gasteiger partial charge >= 0.3 is 12.3 Å². The highest BCUT2D eigenvalue weighted by Gasteiger charge is 2.16. The molecule has 0 atom stereocenters. The Morgan fingerprint density at radius 1 is 1.08 bits per heavy atom. The van der Waals surface area contributed by atoms with Crippen LogP contribution in [0, 0.1) is 5.82 Å². The number of nitrogens with one attached hydrogen (secondary N) is 2. The van der Waals surface area contributed by atoms with Gasteiger partial charge < -0.3 is 5.32 Å². The second kappa shape index (κ2) is 8.52. The molecule has 0 unspecified atom stereocenters. The molecule has 0 heterocycles.